The van der Waals surface area contributed by atoms with E-state index in [4.69, 9.17) is 5.73 Å². The first-order chi connectivity index (χ1) is 8.01. The number of nitrogens with two attached hydrogens (primary N) is 1. The van der Waals surface area contributed by atoms with Crippen molar-refractivity contribution in [1.82, 2.24) is 5.32 Å². The lowest BCUT2D eigenvalue weighted by Gasteiger charge is -2.37. The molecule has 0 spiro atoms. The van der Waals surface area contributed by atoms with E-state index < -0.39 is 5.54 Å². The maximum Gasteiger partial charge on any atom is 0.240 e. The van der Waals surface area contributed by atoms with Gasteiger partial charge in [-0.15, -0.1) is 0 Å². The van der Waals surface area contributed by atoms with Crippen LogP contribution in [0, 0.1) is 0 Å². The van der Waals surface area contributed by atoms with Crippen LogP contribution in [-0.2, 0) is 4.79 Å². The minimum atomic E-state index is -0.621. The summed E-state index contributed by atoms with van der Waals surface area (Å²) >= 11 is 3.39. The van der Waals surface area contributed by atoms with E-state index in [-0.39, 0.29) is 11.9 Å². The molecular weight excluding hydrogens is 280 g/mol. The molecule has 2 rings (SSSR count). The van der Waals surface area contributed by atoms with E-state index in [0.29, 0.717) is 0 Å². The Morgan fingerprint density at radius 1 is 1.41 bits per heavy atom. The normalized spacial score (nSPS) is 19.2. The number of benzene rings is 1. The van der Waals surface area contributed by atoms with Gasteiger partial charge in [0.25, 0.3) is 0 Å². The maximum atomic E-state index is 12.0. The minimum Gasteiger partial charge on any atom is -0.348 e. The molecule has 1 amide bonds. The van der Waals surface area contributed by atoms with Crippen LogP contribution in [0.3, 0.4) is 0 Å². The molecule has 0 aromatic heterocycles. The number of rotatable bonds is 3. The summed E-state index contributed by atoms with van der Waals surface area (Å²) in [6.45, 7) is 1.98. The second kappa shape index (κ2) is 4.78. The van der Waals surface area contributed by atoms with E-state index in [0.717, 1.165) is 29.3 Å². The van der Waals surface area contributed by atoms with Crippen LogP contribution in [0.2, 0.25) is 0 Å². The molecule has 1 aliphatic carbocycles. The molecule has 3 N–H and O–H groups in total. The SMILES string of the molecule is CC(NC(=O)C1(N)CCC1)c1ccc(Br)cc1. The number of carbonyl (C=O) groups excluding carboxylic acids is 1. The van der Waals surface area contributed by atoms with Gasteiger partial charge in [-0.1, -0.05) is 28.1 Å². The van der Waals surface area contributed by atoms with Gasteiger partial charge < -0.3 is 11.1 Å². The van der Waals surface area contributed by atoms with Crippen LogP contribution < -0.4 is 11.1 Å². The van der Waals surface area contributed by atoms with E-state index in [1.807, 2.05) is 31.2 Å². The average molecular weight is 297 g/mol. The zero-order chi connectivity index (χ0) is 12.5. The van der Waals surface area contributed by atoms with Crippen LogP contribution in [0.1, 0.15) is 37.8 Å². The van der Waals surface area contributed by atoms with Crippen molar-refractivity contribution in [2.45, 2.75) is 37.8 Å². The van der Waals surface area contributed by atoms with E-state index in [1.54, 1.807) is 0 Å². The summed E-state index contributed by atoms with van der Waals surface area (Å²) in [6, 6.07) is 7.94. The fourth-order valence-corrected chi connectivity index (χ4v) is 2.22. The van der Waals surface area contributed by atoms with Gasteiger partial charge in [0.1, 0.15) is 0 Å². The molecule has 1 aliphatic rings. The third kappa shape index (κ3) is 2.69. The Hall–Kier alpha value is -0.870. The van der Waals surface area contributed by atoms with Crippen LogP contribution in [0.5, 0.6) is 0 Å². The smallest absolute Gasteiger partial charge is 0.240 e. The van der Waals surface area contributed by atoms with Crippen molar-refractivity contribution in [1.29, 1.82) is 0 Å². The quantitative estimate of drug-likeness (QED) is 0.900. The Morgan fingerprint density at radius 2 is 2.00 bits per heavy atom. The van der Waals surface area contributed by atoms with Crippen molar-refractivity contribution in [3.63, 3.8) is 0 Å². The van der Waals surface area contributed by atoms with Gasteiger partial charge >= 0.3 is 0 Å². The van der Waals surface area contributed by atoms with Crippen LogP contribution in [-0.4, -0.2) is 11.4 Å². The Bertz CT molecular complexity index is 412. The molecule has 0 radical (unpaired) electrons. The highest BCUT2D eigenvalue weighted by molar-refractivity contribution is 9.10. The molecule has 1 saturated carbocycles. The summed E-state index contributed by atoms with van der Waals surface area (Å²) in [5.74, 6) is -0.0285. The summed E-state index contributed by atoms with van der Waals surface area (Å²) in [6.07, 6.45) is 2.65. The van der Waals surface area contributed by atoms with Crippen molar-refractivity contribution in [2.75, 3.05) is 0 Å². The molecule has 1 aromatic carbocycles. The fourth-order valence-electron chi connectivity index (χ4n) is 1.96. The van der Waals surface area contributed by atoms with E-state index >= 15 is 0 Å². The summed E-state index contributed by atoms with van der Waals surface area (Å²) in [5, 5.41) is 2.98. The van der Waals surface area contributed by atoms with Crippen molar-refractivity contribution >= 4 is 21.8 Å². The van der Waals surface area contributed by atoms with Gasteiger partial charge in [-0.2, -0.15) is 0 Å². The van der Waals surface area contributed by atoms with Crippen molar-refractivity contribution in [2.24, 2.45) is 5.73 Å². The molecule has 1 unspecified atom stereocenters. The average Bonchev–Trinajstić information content (AvgIpc) is 2.26. The molecule has 0 bridgehead atoms. The lowest BCUT2D eigenvalue weighted by atomic mass is 9.77. The monoisotopic (exact) mass is 296 g/mol. The number of carbonyl (C=O) groups is 1. The second-order valence-corrected chi connectivity index (χ2v) is 5.67. The molecule has 92 valence electrons. The van der Waals surface area contributed by atoms with E-state index in [1.165, 1.54) is 0 Å². The fraction of sp³-hybridized carbons (Fsp3) is 0.462. The molecule has 1 fully saturated rings. The Kier molecular flexibility index (Phi) is 3.54. The summed E-state index contributed by atoms with van der Waals surface area (Å²) in [7, 11) is 0. The van der Waals surface area contributed by atoms with Gasteiger partial charge in [0.15, 0.2) is 0 Å². The van der Waals surface area contributed by atoms with E-state index in [2.05, 4.69) is 21.2 Å². The van der Waals surface area contributed by atoms with Gasteiger partial charge in [0.2, 0.25) is 5.91 Å². The number of nitrogens with one attached hydrogen (secondary N) is 1. The topological polar surface area (TPSA) is 55.1 Å². The van der Waals surface area contributed by atoms with Crippen molar-refractivity contribution in [3.8, 4) is 0 Å². The summed E-state index contributed by atoms with van der Waals surface area (Å²) in [5.41, 5.74) is 6.44. The van der Waals surface area contributed by atoms with Crippen LogP contribution in [0.15, 0.2) is 28.7 Å². The highest BCUT2D eigenvalue weighted by Crippen LogP contribution is 2.30. The maximum absolute atomic E-state index is 12.0. The third-order valence-electron chi connectivity index (χ3n) is 3.42. The molecule has 0 heterocycles. The second-order valence-electron chi connectivity index (χ2n) is 4.76. The molecule has 1 aromatic rings. The summed E-state index contributed by atoms with van der Waals surface area (Å²) in [4.78, 5) is 12.0. The Labute approximate surface area is 110 Å². The predicted molar refractivity (Wildman–Crippen MR) is 71.5 cm³/mol. The largest absolute Gasteiger partial charge is 0.348 e. The third-order valence-corrected chi connectivity index (χ3v) is 3.94. The molecule has 0 aliphatic heterocycles. The first-order valence-electron chi connectivity index (χ1n) is 5.86. The zero-order valence-corrected chi connectivity index (χ0v) is 11.5. The molecule has 4 heteroatoms. The van der Waals surface area contributed by atoms with Crippen LogP contribution in [0.4, 0.5) is 0 Å². The van der Waals surface area contributed by atoms with Crippen LogP contribution in [0.25, 0.3) is 0 Å². The molecule has 0 saturated heterocycles. The van der Waals surface area contributed by atoms with Crippen molar-refractivity contribution in [3.05, 3.63) is 34.3 Å². The highest BCUT2D eigenvalue weighted by Gasteiger charge is 2.40. The lowest BCUT2D eigenvalue weighted by molar-refractivity contribution is -0.129. The molecule has 3 nitrogen and oxygen atoms in total. The van der Waals surface area contributed by atoms with Gasteiger partial charge in [0.05, 0.1) is 11.6 Å². The summed E-state index contributed by atoms with van der Waals surface area (Å²) < 4.78 is 1.04. The highest BCUT2D eigenvalue weighted by atomic mass is 79.9. The minimum absolute atomic E-state index is 0.00313. The number of hydrogen-bond acceptors (Lipinski definition) is 2. The molecule has 17 heavy (non-hydrogen) atoms. The Morgan fingerprint density at radius 3 is 2.47 bits per heavy atom. The number of halogens is 1. The number of amides is 1. The Balaban J connectivity index is 1.99. The lowest BCUT2D eigenvalue weighted by Crippen LogP contribution is -2.58. The first kappa shape index (κ1) is 12.6. The van der Waals surface area contributed by atoms with Gasteiger partial charge in [-0.05, 0) is 43.9 Å². The predicted octanol–water partition coefficient (Wildman–Crippen LogP) is 2.51. The van der Waals surface area contributed by atoms with Crippen LogP contribution >= 0.6 is 15.9 Å². The van der Waals surface area contributed by atoms with Gasteiger partial charge in [-0.3, -0.25) is 4.79 Å². The van der Waals surface area contributed by atoms with Gasteiger partial charge in [-0.25, -0.2) is 0 Å². The van der Waals surface area contributed by atoms with E-state index in [9.17, 15) is 4.79 Å². The zero-order valence-electron chi connectivity index (χ0n) is 9.87. The molecule has 1 atom stereocenters. The van der Waals surface area contributed by atoms with Crippen molar-refractivity contribution < 1.29 is 4.79 Å². The van der Waals surface area contributed by atoms with Gasteiger partial charge in [0, 0.05) is 4.47 Å². The molecular formula is C13H17BrN2O. The standard InChI is InChI=1S/C13H17BrN2O/c1-9(10-3-5-11(14)6-4-10)16-12(17)13(15)7-2-8-13/h3-6,9H,2,7-8,15H2,1H3,(H,16,17). The number of hydrogen-bond donors (Lipinski definition) is 2. The first-order valence-corrected chi connectivity index (χ1v) is 6.66.